The van der Waals surface area contributed by atoms with Crippen molar-refractivity contribution in [3.05, 3.63) is 34.9 Å². The van der Waals surface area contributed by atoms with E-state index in [0.29, 0.717) is 12.0 Å². The largest absolute Gasteiger partial charge is 0.416 e. The SMILES string of the molecule is COC(C)CC(NN)c1ccc(C(F)(F)F)cc1C. The van der Waals surface area contributed by atoms with Crippen LogP contribution in [0.25, 0.3) is 0 Å². The minimum Gasteiger partial charge on any atom is -0.382 e. The molecule has 0 radical (unpaired) electrons. The molecule has 0 saturated heterocycles. The fraction of sp³-hybridized carbons (Fsp3) is 0.538. The van der Waals surface area contributed by atoms with E-state index < -0.39 is 11.7 Å². The summed E-state index contributed by atoms with van der Waals surface area (Å²) in [5.74, 6) is 5.47. The molecule has 2 unspecified atom stereocenters. The topological polar surface area (TPSA) is 47.3 Å². The van der Waals surface area contributed by atoms with E-state index in [2.05, 4.69) is 5.43 Å². The average Bonchev–Trinajstić information content (AvgIpc) is 2.34. The first-order valence-corrected chi connectivity index (χ1v) is 5.96. The van der Waals surface area contributed by atoms with Crippen molar-refractivity contribution in [2.75, 3.05) is 7.11 Å². The molecule has 0 saturated carbocycles. The summed E-state index contributed by atoms with van der Waals surface area (Å²) in [6.07, 6.45) is -3.78. The molecule has 0 heterocycles. The summed E-state index contributed by atoms with van der Waals surface area (Å²) in [6, 6.07) is 3.43. The number of hydrogen-bond acceptors (Lipinski definition) is 3. The van der Waals surface area contributed by atoms with E-state index in [1.165, 1.54) is 6.07 Å². The highest BCUT2D eigenvalue weighted by Crippen LogP contribution is 2.32. The summed E-state index contributed by atoms with van der Waals surface area (Å²) >= 11 is 0. The van der Waals surface area contributed by atoms with Crippen LogP contribution in [0.2, 0.25) is 0 Å². The highest BCUT2D eigenvalue weighted by molar-refractivity contribution is 5.34. The molecular formula is C13H19F3N2O. The number of methoxy groups -OCH3 is 1. The van der Waals surface area contributed by atoms with E-state index in [4.69, 9.17) is 10.6 Å². The van der Waals surface area contributed by atoms with Gasteiger partial charge < -0.3 is 4.74 Å². The molecule has 2 atom stereocenters. The van der Waals surface area contributed by atoms with Gasteiger partial charge in [0, 0.05) is 13.2 Å². The van der Waals surface area contributed by atoms with Gasteiger partial charge in [0.2, 0.25) is 0 Å². The number of rotatable bonds is 5. The Balaban J connectivity index is 3.00. The number of halogens is 3. The third-order valence-corrected chi connectivity index (χ3v) is 3.14. The number of ether oxygens (including phenoxy) is 1. The number of hydrazine groups is 1. The highest BCUT2D eigenvalue weighted by atomic mass is 19.4. The number of hydrogen-bond donors (Lipinski definition) is 2. The molecule has 0 aliphatic rings. The van der Waals surface area contributed by atoms with E-state index in [-0.39, 0.29) is 12.1 Å². The fourth-order valence-electron chi connectivity index (χ4n) is 1.96. The van der Waals surface area contributed by atoms with Crippen molar-refractivity contribution in [3.8, 4) is 0 Å². The number of aryl methyl sites for hydroxylation is 1. The Morgan fingerprint density at radius 3 is 2.42 bits per heavy atom. The van der Waals surface area contributed by atoms with Gasteiger partial charge in [0.1, 0.15) is 0 Å². The molecule has 0 spiro atoms. The van der Waals surface area contributed by atoms with Crippen molar-refractivity contribution in [3.63, 3.8) is 0 Å². The first-order valence-electron chi connectivity index (χ1n) is 5.96. The monoisotopic (exact) mass is 276 g/mol. The molecule has 108 valence electrons. The second-order valence-electron chi connectivity index (χ2n) is 4.57. The lowest BCUT2D eigenvalue weighted by atomic mass is 9.95. The number of alkyl halides is 3. The maximum Gasteiger partial charge on any atom is 0.416 e. The summed E-state index contributed by atoms with van der Waals surface area (Å²) in [5.41, 5.74) is 3.28. The van der Waals surface area contributed by atoms with E-state index in [1.807, 2.05) is 6.92 Å². The van der Waals surface area contributed by atoms with Crippen LogP contribution in [0.1, 0.15) is 36.1 Å². The smallest absolute Gasteiger partial charge is 0.382 e. The second-order valence-corrected chi connectivity index (χ2v) is 4.57. The van der Waals surface area contributed by atoms with Crippen molar-refractivity contribution < 1.29 is 17.9 Å². The Hall–Kier alpha value is -1.11. The Morgan fingerprint density at radius 1 is 1.37 bits per heavy atom. The minimum atomic E-state index is -4.32. The van der Waals surface area contributed by atoms with Crippen LogP contribution in [-0.4, -0.2) is 13.2 Å². The molecule has 6 heteroatoms. The molecule has 19 heavy (non-hydrogen) atoms. The molecule has 0 bridgehead atoms. The maximum absolute atomic E-state index is 12.6. The summed E-state index contributed by atoms with van der Waals surface area (Å²) < 4.78 is 42.9. The molecule has 1 rings (SSSR count). The van der Waals surface area contributed by atoms with E-state index in [1.54, 1.807) is 14.0 Å². The van der Waals surface area contributed by atoms with Crippen LogP contribution < -0.4 is 11.3 Å². The summed E-state index contributed by atoms with van der Waals surface area (Å²) in [5, 5.41) is 0. The van der Waals surface area contributed by atoms with Gasteiger partial charge >= 0.3 is 6.18 Å². The van der Waals surface area contributed by atoms with E-state index in [9.17, 15) is 13.2 Å². The predicted molar refractivity (Wildman–Crippen MR) is 67.3 cm³/mol. The summed E-state index contributed by atoms with van der Waals surface area (Å²) in [6.45, 7) is 3.52. The zero-order chi connectivity index (χ0) is 14.6. The van der Waals surface area contributed by atoms with Gasteiger partial charge in [-0.05, 0) is 43.5 Å². The molecule has 1 aromatic rings. The lowest BCUT2D eigenvalue weighted by Gasteiger charge is -2.22. The van der Waals surface area contributed by atoms with Crippen LogP contribution in [-0.2, 0) is 10.9 Å². The van der Waals surface area contributed by atoms with Crippen LogP contribution >= 0.6 is 0 Å². The molecule has 0 aliphatic carbocycles. The van der Waals surface area contributed by atoms with Crippen LogP contribution in [0.15, 0.2) is 18.2 Å². The predicted octanol–water partition coefficient (Wildman–Crippen LogP) is 2.94. The van der Waals surface area contributed by atoms with Gasteiger partial charge in [0.15, 0.2) is 0 Å². The first kappa shape index (κ1) is 15.9. The highest BCUT2D eigenvalue weighted by Gasteiger charge is 2.31. The Morgan fingerprint density at radius 2 is 2.00 bits per heavy atom. The second kappa shape index (κ2) is 6.36. The van der Waals surface area contributed by atoms with Crippen molar-refractivity contribution in [2.45, 2.75) is 38.6 Å². The molecule has 3 N–H and O–H groups in total. The van der Waals surface area contributed by atoms with Crippen molar-refractivity contribution in [1.29, 1.82) is 0 Å². The zero-order valence-electron chi connectivity index (χ0n) is 11.2. The summed E-state index contributed by atoms with van der Waals surface area (Å²) in [4.78, 5) is 0. The van der Waals surface area contributed by atoms with Gasteiger partial charge in [-0.3, -0.25) is 11.3 Å². The standard InChI is InChI=1S/C13H19F3N2O/c1-8-6-10(13(14,15)16)4-5-11(8)12(18-17)7-9(2)19-3/h4-6,9,12,18H,7,17H2,1-3H3. The Kier molecular flexibility index (Phi) is 5.34. The van der Waals surface area contributed by atoms with Gasteiger partial charge in [-0.15, -0.1) is 0 Å². The molecule has 0 amide bonds. The van der Waals surface area contributed by atoms with Crippen LogP contribution in [0.5, 0.6) is 0 Å². The number of nitrogens with one attached hydrogen (secondary N) is 1. The molecule has 0 aromatic heterocycles. The van der Waals surface area contributed by atoms with Gasteiger partial charge in [0.25, 0.3) is 0 Å². The molecule has 1 aromatic carbocycles. The third-order valence-electron chi connectivity index (χ3n) is 3.14. The summed E-state index contributed by atoms with van der Waals surface area (Å²) in [7, 11) is 1.58. The normalized spacial score (nSPS) is 15.3. The zero-order valence-corrected chi connectivity index (χ0v) is 11.2. The van der Waals surface area contributed by atoms with Crippen molar-refractivity contribution >= 4 is 0 Å². The third kappa shape index (κ3) is 4.19. The quantitative estimate of drug-likeness (QED) is 0.642. The average molecular weight is 276 g/mol. The Labute approximate surface area is 110 Å². The lowest BCUT2D eigenvalue weighted by Crippen LogP contribution is -2.31. The number of nitrogens with two attached hydrogens (primary N) is 1. The molecule has 0 aliphatic heterocycles. The van der Waals surface area contributed by atoms with E-state index >= 15 is 0 Å². The Bertz CT molecular complexity index is 421. The van der Waals surface area contributed by atoms with Gasteiger partial charge in [-0.1, -0.05) is 6.07 Å². The van der Waals surface area contributed by atoms with Gasteiger partial charge in [-0.25, -0.2) is 0 Å². The van der Waals surface area contributed by atoms with Gasteiger partial charge in [-0.2, -0.15) is 13.2 Å². The van der Waals surface area contributed by atoms with Crippen LogP contribution in [0.4, 0.5) is 13.2 Å². The van der Waals surface area contributed by atoms with Crippen LogP contribution in [0, 0.1) is 6.92 Å². The van der Waals surface area contributed by atoms with Gasteiger partial charge in [0.05, 0.1) is 11.7 Å². The van der Waals surface area contributed by atoms with Crippen LogP contribution in [0.3, 0.4) is 0 Å². The molecule has 3 nitrogen and oxygen atoms in total. The molecule has 0 fully saturated rings. The van der Waals surface area contributed by atoms with Crippen molar-refractivity contribution in [2.24, 2.45) is 5.84 Å². The first-order chi connectivity index (χ1) is 8.79. The molecular weight excluding hydrogens is 257 g/mol. The number of benzene rings is 1. The van der Waals surface area contributed by atoms with E-state index in [0.717, 1.165) is 17.7 Å². The maximum atomic E-state index is 12.6. The lowest BCUT2D eigenvalue weighted by molar-refractivity contribution is -0.137. The fourth-order valence-corrected chi connectivity index (χ4v) is 1.96. The minimum absolute atomic E-state index is 0.0391. The van der Waals surface area contributed by atoms with Crippen molar-refractivity contribution in [1.82, 2.24) is 5.43 Å².